The SMILES string of the molecule is CCCCC1[OH+][C-](CCc2ccc(O)c(OCC(NCC)C3=C[C+]4C(=N3)CC3(CCCC3)C3CCCC3C4C(CCCO)NCC(C)O)c2)C=C1CO. The molecule has 7 unspecified atom stereocenters. The molecule has 3 fully saturated rings. The number of aliphatic hydroxyl groups is 5. The molecular weight excluding hydrogens is 666 g/mol. The Labute approximate surface area is 318 Å². The fourth-order valence-corrected chi connectivity index (χ4v) is 10.5. The summed E-state index contributed by atoms with van der Waals surface area (Å²) in [6.07, 6.45) is 21.5. The summed E-state index contributed by atoms with van der Waals surface area (Å²) in [5, 5.41) is 48.4. The average molecular weight is 735 g/mol. The lowest BCUT2D eigenvalue weighted by atomic mass is 9.65. The van der Waals surface area contributed by atoms with Gasteiger partial charge in [0.2, 0.25) is 0 Å². The molecule has 1 aromatic carbocycles. The monoisotopic (exact) mass is 735 g/mol. The van der Waals surface area contributed by atoms with Crippen LogP contribution in [0.2, 0.25) is 0 Å². The Morgan fingerprint density at radius 2 is 1.94 bits per heavy atom. The van der Waals surface area contributed by atoms with Crippen molar-refractivity contribution in [3.05, 3.63) is 59.2 Å². The second-order valence-electron chi connectivity index (χ2n) is 16.7. The second kappa shape index (κ2) is 18.9. The number of phenolic OH excluding ortho intramolecular Hbond substituents is 1. The van der Waals surface area contributed by atoms with Crippen LogP contribution in [0.15, 0.2) is 46.6 Å². The van der Waals surface area contributed by atoms with Crippen molar-refractivity contribution in [3.8, 4) is 11.5 Å². The molecule has 7 atom stereocenters. The zero-order valence-electron chi connectivity index (χ0n) is 32.7. The Bertz CT molecular complexity index is 1420. The summed E-state index contributed by atoms with van der Waals surface area (Å²) in [5.41, 5.74) is 4.64. The standard InChI is InChI=1S/C44H67N3O6/c1-4-6-14-41-31(27-49)23-32(53-41)17-15-30-16-18-40(51)42(22-30)52-28-39(45-5-2)37-24-34-38(47-37)25-44(19-7-8-20-44)35-12-9-11-33(35)43(34)36(13-10-21-48)46-26-29(3)50/h16,18,22-24,29,33,35-36,39,41,43,45-46,48-50,53H,4-15,17,19-21,25-28H2,1-3H3/p+1. The number of ether oxygens (including phenoxy) is 2. The van der Waals surface area contributed by atoms with Gasteiger partial charge in [0.15, 0.2) is 23.2 Å². The highest BCUT2D eigenvalue weighted by Gasteiger charge is 2.59. The van der Waals surface area contributed by atoms with E-state index in [1.54, 1.807) is 6.07 Å². The quantitative estimate of drug-likeness (QED) is 0.0688. The predicted octanol–water partition coefficient (Wildman–Crippen LogP) is 6.25. The van der Waals surface area contributed by atoms with E-state index in [4.69, 9.17) is 14.5 Å². The van der Waals surface area contributed by atoms with Crippen LogP contribution in [0, 0.1) is 35.2 Å². The third-order valence-corrected chi connectivity index (χ3v) is 13.0. The maximum absolute atomic E-state index is 10.9. The number of unbranched alkanes of at least 4 members (excludes halogenated alkanes) is 1. The first-order valence-corrected chi connectivity index (χ1v) is 21.0. The van der Waals surface area contributed by atoms with Gasteiger partial charge in [0.1, 0.15) is 30.4 Å². The average Bonchev–Trinajstić information content (AvgIpc) is 3.97. The van der Waals surface area contributed by atoms with E-state index in [9.17, 15) is 20.4 Å². The van der Waals surface area contributed by atoms with Gasteiger partial charge < -0.3 is 35.2 Å². The first-order valence-electron chi connectivity index (χ1n) is 21.0. The summed E-state index contributed by atoms with van der Waals surface area (Å²) in [4.78, 5) is 5.48. The number of fused-ring (bicyclic) bond motifs is 3. The van der Waals surface area contributed by atoms with Crippen molar-refractivity contribution in [2.45, 2.75) is 141 Å². The molecule has 6 rings (SSSR count). The van der Waals surface area contributed by atoms with Crippen LogP contribution >= 0.6 is 0 Å². The number of aryl methyl sites for hydroxylation is 1. The molecular formula is C44H68N3O6+. The summed E-state index contributed by atoms with van der Waals surface area (Å²) in [5.74, 6) is 3.50. The first-order chi connectivity index (χ1) is 25.8. The van der Waals surface area contributed by atoms with Gasteiger partial charge in [0, 0.05) is 38.6 Å². The Balaban J connectivity index is 1.20. The van der Waals surface area contributed by atoms with E-state index in [0.717, 1.165) is 80.8 Å². The molecule has 53 heavy (non-hydrogen) atoms. The number of hydrogen-bond donors (Lipinski definition) is 6. The van der Waals surface area contributed by atoms with Crippen molar-refractivity contribution >= 4 is 5.71 Å². The van der Waals surface area contributed by atoms with Gasteiger partial charge in [-0.1, -0.05) is 45.6 Å². The van der Waals surface area contributed by atoms with Gasteiger partial charge in [0.05, 0.1) is 18.1 Å². The second-order valence-corrected chi connectivity index (χ2v) is 16.7. The van der Waals surface area contributed by atoms with Gasteiger partial charge in [-0.2, -0.15) is 0 Å². The lowest BCUT2D eigenvalue weighted by molar-refractivity contribution is -0.0550. The third-order valence-electron chi connectivity index (χ3n) is 13.0. The summed E-state index contributed by atoms with van der Waals surface area (Å²) in [7, 11) is 0. The van der Waals surface area contributed by atoms with E-state index >= 15 is 0 Å². The van der Waals surface area contributed by atoms with E-state index in [1.807, 2.05) is 19.1 Å². The van der Waals surface area contributed by atoms with Crippen LogP contribution < -0.4 is 15.4 Å². The smallest absolute Gasteiger partial charge is 0.196 e. The first kappa shape index (κ1) is 40.1. The van der Waals surface area contributed by atoms with Crippen molar-refractivity contribution < 1.29 is 29.9 Å². The highest BCUT2D eigenvalue weighted by atomic mass is 16.5. The zero-order valence-corrected chi connectivity index (χ0v) is 32.7. The fraction of sp³-hybridized carbons (Fsp3) is 0.705. The Morgan fingerprint density at radius 1 is 1.11 bits per heavy atom. The summed E-state index contributed by atoms with van der Waals surface area (Å²) in [6.45, 7) is 7.99. The normalized spacial score (nSPS) is 26.6. The maximum atomic E-state index is 10.9. The van der Waals surface area contributed by atoms with E-state index in [2.05, 4.69) is 36.6 Å². The molecule has 5 aliphatic rings. The predicted molar refractivity (Wildman–Crippen MR) is 212 cm³/mol. The fourth-order valence-electron chi connectivity index (χ4n) is 10.5. The van der Waals surface area contributed by atoms with Crippen molar-refractivity contribution in [3.63, 3.8) is 0 Å². The lowest BCUT2D eigenvalue weighted by Crippen LogP contribution is -2.46. The number of aromatic hydroxyl groups is 1. The number of hydrogen-bond acceptors (Lipinski definition) is 8. The molecule has 1 spiro atoms. The Morgan fingerprint density at radius 3 is 2.68 bits per heavy atom. The van der Waals surface area contributed by atoms with Gasteiger partial charge in [-0.15, -0.1) is 16.6 Å². The minimum atomic E-state index is -0.439. The number of likely N-dealkylation sites (N-methyl/N-ethyl adjacent to an activating group) is 1. The third kappa shape index (κ3) is 9.47. The van der Waals surface area contributed by atoms with Crippen molar-refractivity contribution in [1.82, 2.24) is 10.6 Å². The lowest BCUT2D eigenvalue weighted by Gasteiger charge is -2.39. The molecule has 9 nitrogen and oxygen atoms in total. The van der Waals surface area contributed by atoms with Crippen LogP contribution in [0.4, 0.5) is 0 Å². The summed E-state index contributed by atoms with van der Waals surface area (Å²) >= 11 is 0. The van der Waals surface area contributed by atoms with Crippen LogP contribution in [-0.4, -0.2) is 88.1 Å². The van der Waals surface area contributed by atoms with Gasteiger partial charge in [-0.25, -0.2) is 0 Å². The molecule has 2 heterocycles. The number of aliphatic imine (C=N–C) groups is 1. The minimum Gasteiger partial charge on any atom is -0.504 e. The van der Waals surface area contributed by atoms with Gasteiger partial charge in [-0.05, 0) is 106 Å². The van der Waals surface area contributed by atoms with E-state index in [1.165, 1.54) is 56.6 Å². The van der Waals surface area contributed by atoms with Crippen LogP contribution in [0.5, 0.6) is 11.5 Å². The number of aliphatic hydroxyl groups excluding tert-OH is 3. The molecule has 2 aliphatic heterocycles. The van der Waals surface area contributed by atoms with E-state index in [-0.39, 0.29) is 43.1 Å². The summed E-state index contributed by atoms with van der Waals surface area (Å²) < 4.78 is 11.3. The van der Waals surface area contributed by atoms with Crippen molar-refractivity contribution in [2.24, 2.45) is 28.2 Å². The van der Waals surface area contributed by atoms with Crippen molar-refractivity contribution in [2.75, 3.05) is 32.9 Å². The van der Waals surface area contributed by atoms with Crippen molar-refractivity contribution in [1.29, 1.82) is 0 Å². The highest BCUT2D eigenvalue weighted by molar-refractivity contribution is 6.03. The van der Waals surface area contributed by atoms with Crippen LogP contribution in [0.3, 0.4) is 0 Å². The number of nitrogens with zero attached hydrogens (tertiary/aromatic N) is 1. The largest absolute Gasteiger partial charge is 0.504 e. The van der Waals surface area contributed by atoms with E-state index < -0.39 is 6.10 Å². The van der Waals surface area contributed by atoms with Gasteiger partial charge >= 0.3 is 0 Å². The molecule has 294 valence electrons. The number of nitrogens with one attached hydrogen (secondary N) is 2. The number of phenols is 1. The van der Waals surface area contributed by atoms with Gasteiger partial charge in [0.25, 0.3) is 0 Å². The molecule has 1 aromatic rings. The highest BCUT2D eigenvalue weighted by Crippen LogP contribution is 2.61. The topological polar surface area (TPSA) is 139 Å². The molecule has 0 aromatic heterocycles. The maximum Gasteiger partial charge on any atom is 0.196 e. The van der Waals surface area contributed by atoms with Crippen LogP contribution in [-0.2, 0) is 6.42 Å². The zero-order chi connectivity index (χ0) is 37.4. The minimum absolute atomic E-state index is 0.0551. The molecule has 0 saturated heterocycles. The number of benzene rings is 1. The molecule has 3 aliphatic carbocycles. The molecule has 0 amide bonds. The molecule has 0 radical (unpaired) electrons. The molecule has 7 N–H and O–H groups in total. The van der Waals surface area contributed by atoms with Gasteiger partial charge in [-0.3, -0.25) is 5.32 Å². The Hall–Kier alpha value is -2.53. The molecule has 0 bridgehead atoms. The van der Waals surface area contributed by atoms with E-state index in [0.29, 0.717) is 36.2 Å². The van der Waals surface area contributed by atoms with Crippen LogP contribution in [0.25, 0.3) is 0 Å². The number of allylic oxidation sites excluding steroid dienone is 1. The number of rotatable bonds is 20. The molecule has 3 saturated carbocycles. The van der Waals surface area contributed by atoms with Crippen LogP contribution in [0.1, 0.15) is 116 Å². The Kier molecular flexibility index (Phi) is 14.3. The molecule has 9 heteroatoms. The summed E-state index contributed by atoms with van der Waals surface area (Å²) in [6, 6.07) is 5.64.